The second-order valence-corrected chi connectivity index (χ2v) is 7.72. The van der Waals surface area contributed by atoms with Crippen LogP contribution in [0.25, 0.3) is 0 Å². The van der Waals surface area contributed by atoms with Gasteiger partial charge in [-0.25, -0.2) is 4.79 Å². The van der Waals surface area contributed by atoms with Crippen molar-refractivity contribution in [1.82, 2.24) is 14.7 Å². The maximum absolute atomic E-state index is 12.3. The highest BCUT2D eigenvalue weighted by Gasteiger charge is 2.51. The molecule has 22 heavy (non-hydrogen) atoms. The van der Waals surface area contributed by atoms with E-state index in [4.69, 9.17) is 4.74 Å². The molecule has 1 aliphatic carbocycles. The Morgan fingerprint density at radius 1 is 1.27 bits per heavy atom. The van der Waals surface area contributed by atoms with Gasteiger partial charge in [-0.2, -0.15) is 0 Å². The van der Waals surface area contributed by atoms with Crippen molar-refractivity contribution in [2.75, 3.05) is 60.0 Å². The summed E-state index contributed by atoms with van der Waals surface area (Å²) in [6.45, 7) is 9.20. The molecule has 3 fully saturated rings. The number of amides is 2. The number of rotatable bonds is 5. The van der Waals surface area contributed by atoms with Crippen LogP contribution in [-0.4, -0.2) is 80.8 Å². The molecule has 0 bridgehead atoms. The molecular formula is C17H31N3O2. The maximum Gasteiger partial charge on any atom is 0.319 e. The van der Waals surface area contributed by atoms with Gasteiger partial charge in [0.15, 0.2) is 0 Å². The summed E-state index contributed by atoms with van der Waals surface area (Å²) in [5, 5.41) is 0. The number of hydrogen-bond donors (Lipinski definition) is 0. The molecule has 0 unspecified atom stereocenters. The first-order valence-electron chi connectivity index (χ1n) is 8.80. The summed E-state index contributed by atoms with van der Waals surface area (Å²) in [5.41, 5.74) is 0.255. The first-order valence-corrected chi connectivity index (χ1v) is 8.80. The number of carbonyl (C=O) groups is 1. The smallest absolute Gasteiger partial charge is 0.319 e. The van der Waals surface area contributed by atoms with Gasteiger partial charge in [-0.3, -0.25) is 0 Å². The molecule has 5 nitrogen and oxygen atoms in total. The number of ether oxygens (including phenoxy) is 1. The van der Waals surface area contributed by atoms with Crippen LogP contribution in [0.5, 0.6) is 0 Å². The zero-order chi connectivity index (χ0) is 15.7. The molecule has 0 aromatic heterocycles. The quantitative estimate of drug-likeness (QED) is 0.776. The van der Waals surface area contributed by atoms with Gasteiger partial charge in [0.25, 0.3) is 0 Å². The summed E-state index contributed by atoms with van der Waals surface area (Å²) in [5.74, 6) is 1.40. The van der Waals surface area contributed by atoms with Gasteiger partial charge in [-0.15, -0.1) is 0 Å². The van der Waals surface area contributed by atoms with E-state index in [1.807, 2.05) is 19.0 Å². The lowest BCUT2D eigenvalue weighted by Gasteiger charge is -2.31. The van der Waals surface area contributed by atoms with Gasteiger partial charge in [0.2, 0.25) is 0 Å². The molecule has 0 N–H and O–H groups in total. The summed E-state index contributed by atoms with van der Waals surface area (Å²) >= 11 is 0. The zero-order valence-corrected chi connectivity index (χ0v) is 14.4. The summed E-state index contributed by atoms with van der Waals surface area (Å²) in [7, 11) is 3.69. The lowest BCUT2D eigenvalue weighted by Crippen LogP contribution is -2.41. The van der Waals surface area contributed by atoms with Crippen LogP contribution in [0.4, 0.5) is 4.79 Å². The van der Waals surface area contributed by atoms with Crippen molar-refractivity contribution in [3.63, 3.8) is 0 Å². The molecule has 2 aliphatic heterocycles. The number of hydrogen-bond acceptors (Lipinski definition) is 3. The fourth-order valence-electron chi connectivity index (χ4n) is 4.08. The minimum atomic E-state index is 0.157. The van der Waals surface area contributed by atoms with Crippen LogP contribution in [0.3, 0.4) is 0 Å². The second-order valence-electron chi connectivity index (χ2n) is 7.72. The van der Waals surface area contributed by atoms with E-state index in [1.165, 1.54) is 12.8 Å². The molecule has 2 atom stereocenters. The Balaban J connectivity index is 1.61. The molecule has 1 spiro atoms. The molecule has 5 heteroatoms. The normalized spacial score (nSPS) is 32.1. The van der Waals surface area contributed by atoms with E-state index in [1.54, 1.807) is 4.90 Å². The number of urea groups is 1. The first-order chi connectivity index (χ1) is 10.5. The van der Waals surface area contributed by atoms with E-state index < -0.39 is 0 Å². The molecule has 0 radical (unpaired) electrons. The van der Waals surface area contributed by atoms with E-state index in [0.717, 1.165) is 58.3 Å². The van der Waals surface area contributed by atoms with E-state index in [2.05, 4.69) is 11.8 Å². The van der Waals surface area contributed by atoms with Crippen LogP contribution >= 0.6 is 0 Å². The third-order valence-corrected chi connectivity index (χ3v) is 5.74. The van der Waals surface area contributed by atoms with Gasteiger partial charge in [-0.05, 0) is 31.7 Å². The van der Waals surface area contributed by atoms with Crippen LogP contribution in [0.1, 0.15) is 26.2 Å². The fraction of sp³-hybridized carbons (Fsp3) is 0.941. The van der Waals surface area contributed by atoms with Gasteiger partial charge in [0.05, 0.1) is 6.61 Å². The summed E-state index contributed by atoms with van der Waals surface area (Å²) in [6.07, 6.45) is 3.82. The molecule has 3 aliphatic rings. The topological polar surface area (TPSA) is 36.0 Å². The number of carbonyl (C=O) groups excluding carboxylic acids is 1. The highest BCUT2D eigenvalue weighted by atomic mass is 16.5. The van der Waals surface area contributed by atoms with Gasteiger partial charge in [-0.1, -0.05) is 6.92 Å². The van der Waals surface area contributed by atoms with Crippen LogP contribution < -0.4 is 0 Å². The van der Waals surface area contributed by atoms with E-state index in [0.29, 0.717) is 5.92 Å². The van der Waals surface area contributed by atoms with Gasteiger partial charge in [0, 0.05) is 58.2 Å². The van der Waals surface area contributed by atoms with Crippen molar-refractivity contribution >= 4 is 6.03 Å². The summed E-state index contributed by atoms with van der Waals surface area (Å²) in [6, 6.07) is 0.157. The second kappa shape index (κ2) is 6.36. The molecule has 2 amide bonds. The minimum Gasteiger partial charge on any atom is -0.381 e. The van der Waals surface area contributed by atoms with E-state index in [-0.39, 0.29) is 11.4 Å². The average Bonchev–Trinajstić information content (AvgIpc) is 3.13. The maximum atomic E-state index is 12.3. The van der Waals surface area contributed by atoms with E-state index in [9.17, 15) is 4.79 Å². The number of likely N-dealkylation sites (tertiary alicyclic amines) is 2. The fourth-order valence-corrected chi connectivity index (χ4v) is 4.08. The SMILES string of the molecule is CCN1C[C@H](COCC2CC2)[C@@]2(CCN(C(=O)N(C)C)C2)C1. The molecule has 0 aromatic carbocycles. The van der Waals surface area contributed by atoms with Crippen molar-refractivity contribution in [2.24, 2.45) is 17.3 Å². The summed E-state index contributed by atoms with van der Waals surface area (Å²) < 4.78 is 6.02. The van der Waals surface area contributed by atoms with Crippen LogP contribution in [0.2, 0.25) is 0 Å². The average molecular weight is 309 g/mol. The highest BCUT2D eigenvalue weighted by molar-refractivity contribution is 5.74. The molecule has 0 aromatic rings. The lowest BCUT2D eigenvalue weighted by molar-refractivity contribution is 0.0564. The molecule has 2 saturated heterocycles. The van der Waals surface area contributed by atoms with Crippen molar-refractivity contribution < 1.29 is 9.53 Å². The minimum absolute atomic E-state index is 0.157. The van der Waals surface area contributed by atoms with Crippen molar-refractivity contribution in [1.29, 1.82) is 0 Å². The lowest BCUT2D eigenvalue weighted by atomic mass is 9.77. The first kappa shape index (κ1) is 16.1. The zero-order valence-electron chi connectivity index (χ0n) is 14.4. The van der Waals surface area contributed by atoms with Crippen LogP contribution in [0, 0.1) is 17.3 Å². The summed E-state index contributed by atoms with van der Waals surface area (Å²) in [4.78, 5) is 18.5. The molecule has 3 rings (SSSR count). The Hall–Kier alpha value is -0.810. The third kappa shape index (κ3) is 3.25. The van der Waals surface area contributed by atoms with Gasteiger partial charge < -0.3 is 19.4 Å². The Morgan fingerprint density at radius 3 is 2.68 bits per heavy atom. The highest BCUT2D eigenvalue weighted by Crippen LogP contribution is 2.44. The standard InChI is InChI=1S/C17H31N3O2/c1-4-19-9-15(11-22-10-14-5-6-14)17(12-19)7-8-20(13-17)16(21)18(2)3/h14-15H,4-13H2,1-3H3/t15-,17+/m1/s1. The molecule has 1 saturated carbocycles. The molecule has 2 heterocycles. The van der Waals surface area contributed by atoms with Crippen molar-refractivity contribution in [3.05, 3.63) is 0 Å². The Morgan fingerprint density at radius 2 is 2.05 bits per heavy atom. The molecular weight excluding hydrogens is 278 g/mol. The van der Waals surface area contributed by atoms with Crippen LogP contribution in [0.15, 0.2) is 0 Å². The monoisotopic (exact) mass is 309 g/mol. The largest absolute Gasteiger partial charge is 0.381 e. The molecule has 126 valence electrons. The Labute approximate surface area is 134 Å². The van der Waals surface area contributed by atoms with Crippen molar-refractivity contribution in [3.8, 4) is 0 Å². The predicted octanol–water partition coefficient (Wildman–Crippen LogP) is 1.74. The van der Waals surface area contributed by atoms with E-state index >= 15 is 0 Å². The Kier molecular flexibility index (Phi) is 4.64. The Bertz CT molecular complexity index is 411. The van der Waals surface area contributed by atoms with Gasteiger partial charge >= 0.3 is 6.03 Å². The van der Waals surface area contributed by atoms with Crippen LogP contribution in [-0.2, 0) is 4.74 Å². The predicted molar refractivity (Wildman–Crippen MR) is 86.9 cm³/mol. The third-order valence-electron chi connectivity index (χ3n) is 5.74. The van der Waals surface area contributed by atoms with Gasteiger partial charge in [0.1, 0.15) is 0 Å². The van der Waals surface area contributed by atoms with Crippen molar-refractivity contribution in [2.45, 2.75) is 26.2 Å². The number of nitrogens with zero attached hydrogens (tertiary/aromatic N) is 3.